The van der Waals surface area contributed by atoms with Crippen LogP contribution in [0.3, 0.4) is 0 Å². The highest BCUT2D eigenvalue weighted by Crippen LogP contribution is 2.33. The van der Waals surface area contributed by atoms with E-state index in [0.717, 1.165) is 12.0 Å². The van der Waals surface area contributed by atoms with E-state index in [1.807, 2.05) is 32.0 Å². The van der Waals surface area contributed by atoms with Gasteiger partial charge in [0.05, 0.1) is 30.7 Å². The van der Waals surface area contributed by atoms with Gasteiger partial charge in [0, 0.05) is 11.6 Å². The number of carboxylic acids is 1. The summed E-state index contributed by atoms with van der Waals surface area (Å²) in [4.78, 5) is 15.9. The van der Waals surface area contributed by atoms with Crippen LogP contribution >= 0.6 is 0 Å². The molecule has 0 radical (unpaired) electrons. The zero-order chi connectivity index (χ0) is 16.8. The lowest BCUT2D eigenvalue weighted by Crippen LogP contribution is -2.06. The first-order valence-electron chi connectivity index (χ1n) is 7.65. The number of methoxy groups -OCH3 is 1. The van der Waals surface area contributed by atoms with Crippen molar-refractivity contribution in [3.05, 3.63) is 41.6 Å². The van der Waals surface area contributed by atoms with Crippen LogP contribution < -0.4 is 9.47 Å². The first-order valence-corrected chi connectivity index (χ1v) is 7.65. The number of rotatable bonds is 7. The number of hydrogen-bond donors (Lipinski definition) is 1. The molecule has 0 fully saturated rings. The van der Waals surface area contributed by atoms with E-state index in [2.05, 4.69) is 4.98 Å². The van der Waals surface area contributed by atoms with Gasteiger partial charge in [0.2, 0.25) is 0 Å². The van der Waals surface area contributed by atoms with Crippen LogP contribution in [-0.2, 0) is 6.42 Å². The molecular formula is C18H21NO4. The van der Waals surface area contributed by atoms with Crippen molar-refractivity contribution < 1.29 is 19.4 Å². The predicted octanol–water partition coefficient (Wildman–Crippen LogP) is 3.81. The normalized spacial score (nSPS) is 10.4. The minimum atomic E-state index is -0.952. The minimum Gasteiger partial charge on any atom is -0.497 e. The highest BCUT2D eigenvalue weighted by Gasteiger charge is 2.15. The van der Waals surface area contributed by atoms with Gasteiger partial charge in [0.25, 0.3) is 0 Å². The van der Waals surface area contributed by atoms with E-state index in [9.17, 15) is 9.90 Å². The number of aryl methyl sites for hydroxylation is 1. The molecular weight excluding hydrogens is 294 g/mol. The molecule has 5 heteroatoms. The second-order valence-corrected chi connectivity index (χ2v) is 5.04. The Morgan fingerprint density at radius 2 is 2.00 bits per heavy atom. The third kappa shape index (κ3) is 3.80. The Morgan fingerprint density at radius 3 is 2.61 bits per heavy atom. The van der Waals surface area contributed by atoms with Gasteiger partial charge >= 0.3 is 5.97 Å². The van der Waals surface area contributed by atoms with Crippen molar-refractivity contribution in [2.45, 2.75) is 26.7 Å². The van der Waals surface area contributed by atoms with E-state index in [0.29, 0.717) is 35.9 Å². The van der Waals surface area contributed by atoms with Gasteiger partial charge in [-0.25, -0.2) is 4.79 Å². The Labute approximate surface area is 135 Å². The van der Waals surface area contributed by atoms with E-state index in [1.54, 1.807) is 19.2 Å². The number of pyridine rings is 1. The quantitative estimate of drug-likeness (QED) is 0.841. The van der Waals surface area contributed by atoms with Gasteiger partial charge in [0.1, 0.15) is 11.5 Å². The van der Waals surface area contributed by atoms with E-state index in [1.165, 1.54) is 0 Å². The lowest BCUT2D eigenvalue weighted by atomic mass is 10.0. The Balaban J connectivity index is 2.53. The number of nitrogens with zero attached hydrogens (tertiary/aromatic N) is 1. The number of aromatic nitrogens is 1. The number of ether oxygens (including phenoxy) is 2. The van der Waals surface area contributed by atoms with Gasteiger partial charge in [-0.3, -0.25) is 4.98 Å². The molecule has 2 aromatic rings. The summed E-state index contributed by atoms with van der Waals surface area (Å²) in [5, 5.41) is 9.28. The molecule has 0 spiro atoms. The van der Waals surface area contributed by atoms with Gasteiger partial charge in [-0.05, 0) is 37.6 Å². The summed E-state index contributed by atoms with van der Waals surface area (Å²) in [5.41, 5.74) is 2.37. The van der Waals surface area contributed by atoms with Crippen LogP contribution in [0.25, 0.3) is 11.3 Å². The second kappa shape index (κ2) is 7.63. The molecule has 0 amide bonds. The molecule has 0 unspecified atom stereocenters. The van der Waals surface area contributed by atoms with Crippen LogP contribution in [0.1, 0.15) is 36.3 Å². The summed E-state index contributed by atoms with van der Waals surface area (Å²) in [6.07, 6.45) is 1.45. The first kappa shape index (κ1) is 16.8. The molecule has 5 nitrogen and oxygen atoms in total. The SMILES string of the molecule is CCCc1nc(-c2ccc(OC)cc2OCC)ccc1C(=O)O. The zero-order valence-corrected chi connectivity index (χ0v) is 13.6. The fourth-order valence-corrected chi connectivity index (χ4v) is 2.39. The summed E-state index contributed by atoms with van der Waals surface area (Å²) >= 11 is 0. The van der Waals surface area contributed by atoms with Crippen LogP contribution in [0.4, 0.5) is 0 Å². The third-order valence-corrected chi connectivity index (χ3v) is 3.46. The van der Waals surface area contributed by atoms with Crippen LogP contribution in [0.15, 0.2) is 30.3 Å². The van der Waals surface area contributed by atoms with Gasteiger partial charge in [0.15, 0.2) is 0 Å². The van der Waals surface area contributed by atoms with Crippen molar-refractivity contribution in [1.29, 1.82) is 0 Å². The fraction of sp³-hybridized carbons (Fsp3) is 0.333. The molecule has 0 aliphatic rings. The smallest absolute Gasteiger partial charge is 0.337 e. The molecule has 122 valence electrons. The van der Waals surface area contributed by atoms with E-state index < -0.39 is 5.97 Å². The molecule has 0 saturated heterocycles. The predicted molar refractivity (Wildman–Crippen MR) is 88.3 cm³/mol. The standard InChI is InChI=1S/C18H21NO4/c1-4-6-15-14(18(20)21)9-10-16(19-15)13-8-7-12(22-3)11-17(13)23-5-2/h7-11H,4-6H2,1-3H3,(H,20,21). The van der Waals surface area contributed by atoms with E-state index in [-0.39, 0.29) is 5.56 Å². The molecule has 2 rings (SSSR count). The van der Waals surface area contributed by atoms with Gasteiger partial charge < -0.3 is 14.6 Å². The maximum absolute atomic E-state index is 11.3. The van der Waals surface area contributed by atoms with Gasteiger partial charge in [-0.1, -0.05) is 13.3 Å². The van der Waals surface area contributed by atoms with Crippen LogP contribution in [0, 0.1) is 0 Å². The number of carbonyl (C=O) groups is 1. The maximum atomic E-state index is 11.3. The molecule has 0 bridgehead atoms. The topological polar surface area (TPSA) is 68.7 Å². The molecule has 1 heterocycles. The zero-order valence-electron chi connectivity index (χ0n) is 13.6. The van der Waals surface area contributed by atoms with Crippen molar-refractivity contribution in [2.75, 3.05) is 13.7 Å². The molecule has 1 aromatic carbocycles. The Hall–Kier alpha value is -2.56. The summed E-state index contributed by atoms with van der Waals surface area (Å²) in [6.45, 7) is 4.43. The molecule has 0 saturated carbocycles. The van der Waals surface area contributed by atoms with Crippen molar-refractivity contribution in [1.82, 2.24) is 4.98 Å². The minimum absolute atomic E-state index is 0.252. The fourth-order valence-electron chi connectivity index (χ4n) is 2.39. The highest BCUT2D eigenvalue weighted by molar-refractivity contribution is 5.89. The van der Waals surface area contributed by atoms with Gasteiger partial charge in [-0.15, -0.1) is 0 Å². The van der Waals surface area contributed by atoms with Crippen molar-refractivity contribution in [2.24, 2.45) is 0 Å². The van der Waals surface area contributed by atoms with Crippen LogP contribution in [0.5, 0.6) is 11.5 Å². The number of benzene rings is 1. The Morgan fingerprint density at radius 1 is 1.22 bits per heavy atom. The van der Waals surface area contributed by atoms with Crippen molar-refractivity contribution in [3.63, 3.8) is 0 Å². The van der Waals surface area contributed by atoms with Crippen LogP contribution in [-0.4, -0.2) is 29.8 Å². The van der Waals surface area contributed by atoms with E-state index >= 15 is 0 Å². The summed E-state index contributed by atoms with van der Waals surface area (Å²) in [7, 11) is 1.60. The molecule has 0 atom stereocenters. The molecule has 23 heavy (non-hydrogen) atoms. The monoisotopic (exact) mass is 315 g/mol. The van der Waals surface area contributed by atoms with Crippen molar-refractivity contribution >= 4 is 5.97 Å². The lowest BCUT2D eigenvalue weighted by Gasteiger charge is -2.13. The van der Waals surface area contributed by atoms with Crippen LogP contribution in [0.2, 0.25) is 0 Å². The van der Waals surface area contributed by atoms with E-state index in [4.69, 9.17) is 9.47 Å². The highest BCUT2D eigenvalue weighted by atomic mass is 16.5. The lowest BCUT2D eigenvalue weighted by molar-refractivity contribution is 0.0695. The molecule has 1 aromatic heterocycles. The second-order valence-electron chi connectivity index (χ2n) is 5.04. The summed E-state index contributed by atoms with van der Waals surface area (Å²) in [6, 6.07) is 8.85. The Bertz CT molecular complexity index is 697. The number of hydrogen-bond acceptors (Lipinski definition) is 4. The number of carboxylic acid groups (broad SMARTS) is 1. The molecule has 0 aliphatic heterocycles. The Kier molecular flexibility index (Phi) is 5.57. The van der Waals surface area contributed by atoms with Crippen molar-refractivity contribution in [3.8, 4) is 22.8 Å². The molecule has 0 aliphatic carbocycles. The van der Waals surface area contributed by atoms with Gasteiger partial charge in [-0.2, -0.15) is 0 Å². The largest absolute Gasteiger partial charge is 0.497 e. The number of aromatic carboxylic acids is 1. The molecule has 1 N–H and O–H groups in total. The summed E-state index contributed by atoms with van der Waals surface area (Å²) in [5.74, 6) is 0.422. The maximum Gasteiger partial charge on any atom is 0.337 e. The average Bonchev–Trinajstić information content (AvgIpc) is 2.55. The summed E-state index contributed by atoms with van der Waals surface area (Å²) < 4.78 is 10.9. The first-order chi connectivity index (χ1) is 11.1. The average molecular weight is 315 g/mol. The third-order valence-electron chi connectivity index (χ3n) is 3.46.